The van der Waals surface area contributed by atoms with E-state index in [1.54, 1.807) is 12.1 Å². The summed E-state index contributed by atoms with van der Waals surface area (Å²) >= 11 is 0. The second kappa shape index (κ2) is 9.50. The maximum Gasteiger partial charge on any atom is 0.263 e. The van der Waals surface area contributed by atoms with Gasteiger partial charge in [-0.1, -0.05) is 36.8 Å². The Balaban J connectivity index is 1.37. The number of nitrogens with one attached hydrogen (secondary N) is 1. The monoisotopic (exact) mass is 457 g/mol. The van der Waals surface area contributed by atoms with Crippen molar-refractivity contribution in [3.8, 4) is 5.75 Å². The van der Waals surface area contributed by atoms with Gasteiger partial charge < -0.3 is 10.1 Å². The maximum atomic E-state index is 12.8. The molecule has 0 aromatic heterocycles. The molecule has 0 spiro atoms. The normalized spacial score (nSPS) is 19.2. The zero-order valence-corrected chi connectivity index (χ0v) is 19.5. The Kier molecular flexibility index (Phi) is 6.71. The van der Waals surface area contributed by atoms with E-state index in [1.165, 1.54) is 29.1 Å². The lowest BCUT2D eigenvalue weighted by Gasteiger charge is -2.34. The smallest absolute Gasteiger partial charge is 0.263 e. The molecule has 0 aliphatic carbocycles. The van der Waals surface area contributed by atoms with E-state index < -0.39 is 16.1 Å². The van der Waals surface area contributed by atoms with Crippen molar-refractivity contribution in [1.82, 2.24) is 10.2 Å². The number of hydrogen-bond donors (Lipinski definition) is 1. The second-order valence-corrected chi connectivity index (χ2v) is 10.6. The molecule has 1 atom stereocenters. The maximum absolute atomic E-state index is 12.8. The molecule has 4 rings (SSSR count). The van der Waals surface area contributed by atoms with Gasteiger partial charge in [0.1, 0.15) is 5.75 Å². The zero-order chi connectivity index (χ0) is 22.7. The van der Waals surface area contributed by atoms with Crippen LogP contribution in [0.3, 0.4) is 0 Å². The van der Waals surface area contributed by atoms with E-state index >= 15 is 0 Å². The number of fused-ring (bicyclic) bond motifs is 1. The number of amides is 1. The van der Waals surface area contributed by atoms with Crippen LogP contribution in [0.15, 0.2) is 42.5 Å². The Morgan fingerprint density at radius 1 is 1.06 bits per heavy atom. The molecular weight excluding hydrogens is 426 g/mol. The number of carbonyl (C=O) groups excluding carboxylic acids is 1. The quantitative estimate of drug-likeness (QED) is 0.722. The van der Waals surface area contributed by atoms with Crippen LogP contribution in [0.1, 0.15) is 36.0 Å². The highest BCUT2D eigenvalue weighted by molar-refractivity contribution is 7.92. The highest BCUT2D eigenvalue weighted by Crippen LogP contribution is 2.35. The summed E-state index contributed by atoms with van der Waals surface area (Å²) in [6, 6.07) is 13.6. The second-order valence-electron chi connectivity index (χ2n) is 8.74. The van der Waals surface area contributed by atoms with E-state index in [1.807, 2.05) is 25.1 Å². The minimum Gasteiger partial charge on any atom is -0.476 e. The minimum atomic E-state index is -3.54. The van der Waals surface area contributed by atoms with E-state index in [0.717, 1.165) is 37.0 Å². The fourth-order valence-electron chi connectivity index (χ4n) is 4.25. The Morgan fingerprint density at radius 2 is 1.75 bits per heavy atom. The molecule has 1 N–H and O–H groups in total. The summed E-state index contributed by atoms with van der Waals surface area (Å²) < 4.78 is 31.7. The van der Waals surface area contributed by atoms with Gasteiger partial charge in [0.2, 0.25) is 10.0 Å². The Bertz CT molecular complexity index is 1060. The first kappa shape index (κ1) is 22.6. The number of carbonyl (C=O) groups is 1. The number of benzene rings is 2. The van der Waals surface area contributed by atoms with Gasteiger partial charge in [-0.25, -0.2) is 8.42 Å². The number of aryl methyl sites for hydroxylation is 1. The van der Waals surface area contributed by atoms with E-state index in [9.17, 15) is 13.2 Å². The lowest BCUT2D eigenvalue weighted by molar-refractivity contribution is -0.127. The molecule has 1 amide bonds. The van der Waals surface area contributed by atoms with Crippen molar-refractivity contribution in [3.63, 3.8) is 0 Å². The molecule has 32 heavy (non-hydrogen) atoms. The summed E-state index contributed by atoms with van der Waals surface area (Å²) in [4.78, 5) is 15.3. The van der Waals surface area contributed by atoms with Crippen molar-refractivity contribution in [3.05, 3.63) is 59.2 Å². The van der Waals surface area contributed by atoms with Crippen LogP contribution in [0.4, 0.5) is 5.69 Å². The number of anilines is 1. The summed E-state index contributed by atoms with van der Waals surface area (Å²) in [6.07, 6.45) is 4.11. The van der Waals surface area contributed by atoms with E-state index in [-0.39, 0.29) is 12.5 Å². The summed E-state index contributed by atoms with van der Waals surface area (Å²) in [7, 11) is -3.54. The first-order valence-electron chi connectivity index (χ1n) is 11.1. The van der Waals surface area contributed by atoms with Gasteiger partial charge in [0.25, 0.3) is 5.91 Å². The molecule has 0 bridgehead atoms. The molecular formula is C24H31N3O4S. The zero-order valence-electron chi connectivity index (χ0n) is 18.7. The fourth-order valence-corrected chi connectivity index (χ4v) is 5.16. The van der Waals surface area contributed by atoms with Crippen molar-refractivity contribution in [2.45, 2.75) is 45.4 Å². The van der Waals surface area contributed by atoms with Gasteiger partial charge in [-0.3, -0.25) is 14.0 Å². The van der Waals surface area contributed by atoms with Crippen LogP contribution in [0.5, 0.6) is 5.75 Å². The molecule has 2 aromatic rings. The Morgan fingerprint density at radius 3 is 2.44 bits per heavy atom. The molecule has 2 aliphatic rings. The standard InChI is InChI=1S/C24H31N3O4S/c1-18-6-11-22-21(14-18)27(32(2,29)30)17-23(31-22)24(28)25-15-19-7-9-20(10-8-19)16-26-12-4-3-5-13-26/h6-11,14,23H,3-5,12-13,15-17H2,1-2H3,(H,25,28)/t23-/m1/s1. The highest BCUT2D eigenvalue weighted by Gasteiger charge is 2.35. The third-order valence-corrected chi connectivity index (χ3v) is 7.17. The number of sulfonamides is 1. The molecule has 0 unspecified atom stereocenters. The number of nitrogens with zero attached hydrogens (tertiary/aromatic N) is 2. The van der Waals surface area contributed by atoms with Gasteiger partial charge >= 0.3 is 0 Å². The van der Waals surface area contributed by atoms with Crippen LogP contribution in [0.25, 0.3) is 0 Å². The molecule has 0 radical (unpaired) electrons. The van der Waals surface area contributed by atoms with Gasteiger partial charge in [-0.15, -0.1) is 0 Å². The molecule has 2 aliphatic heterocycles. The van der Waals surface area contributed by atoms with E-state index in [2.05, 4.69) is 22.3 Å². The molecule has 1 saturated heterocycles. The third kappa shape index (κ3) is 5.42. The van der Waals surface area contributed by atoms with E-state index in [0.29, 0.717) is 18.0 Å². The van der Waals surface area contributed by atoms with Crippen molar-refractivity contribution < 1.29 is 17.9 Å². The number of piperidine rings is 1. The topological polar surface area (TPSA) is 79.0 Å². The average Bonchev–Trinajstić information content (AvgIpc) is 2.77. The molecule has 2 heterocycles. The van der Waals surface area contributed by atoms with Gasteiger partial charge in [0.05, 0.1) is 18.5 Å². The SMILES string of the molecule is Cc1ccc2c(c1)N(S(C)(=O)=O)C[C@H](C(=O)NCc1ccc(CN3CCCCC3)cc1)O2. The van der Waals surface area contributed by atoms with Crippen LogP contribution >= 0.6 is 0 Å². The van der Waals surface area contributed by atoms with Crippen LogP contribution < -0.4 is 14.4 Å². The number of rotatable bonds is 6. The summed E-state index contributed by atoms with van der Waals surface area (Å²) in [5.41, 5.74) is 3.66. The summed E-state index contributed by atoms with van der Waals surface area (Å²) in [5, 5.41) is 2.89. The van der Waals surface area contributed by atoms with Crippen molar-refractivity contribution in [2.75, 3.05) is 30.2 Å². The van der Waals surface area contributed by atoms with Crippen LogP contribution in [-0.2, 0) is 27.9 Å². The third-order valence-electron chi connectivity index (χ3n) is 6.02. The lowest BCUT2D eigenvalue weighted by Crippen LogP contribution is -2.50. The van der Waals surface area contributed by atoms with Gasteiger partial charge in [-0.05, 0) is 61.7 Å². The first-order valence-corrected chi connectivity index (χ1v) is 13.0. The number of likely N-dealkylation sites (tertiary alicyclic amines) is 1. The van der Waals surface area contributed by atoms with Gasteiger partial charge in [-0.2, -0.15) is 0 Å². The predicted molar refractivity (Wildman–Crippen MR) is 125 cm³/mol. The van der Waals surface area contributed by atoms with Gasteiger partial charge in [0, 0.05) is 13.1 Å². The average molecular weight is 458 g/mol. The molecule has 172 valence electrons. The number of ether oxygens (including phenoxy) is 1. The Hall–Kier alpha value is -2.58. The van der Waals surface area contributed by atoms with Crippen LogP contribution in [-0.4, -0.2) is 51.2 Å². The first-order chi connectivity index (χ1) is 15.3. The molecule has 1 fully saturated rings. The molecule has 7 nitrogen and oxygen atoms in total. The number of hydrogen-bond acceptors (Lipinski definition) is 5. The molecule has 8 heteroatoms. The largest absolute Gasteiger partial charge is 0.476 e. The van der Waals surface area contributed by atoms with Gasteiger partial charge in [0.15, 0.2) is 6.10 Å². The highest BCUT2D eigenvalue weighted by atomic mass is 32.2. The molecule has 2 aromatic carbocycles. The molecule has 0 saturated carbocycles. The fraction of sp³-hybridized carbons (Fsp3) is 0.458. The summed E-state index contributed by atoms with van der Waals surface area (Å²) in [6.45, 7) is 5.48. The van der Waals surface area contributed by atoms with Crippen molar-refractivity contribution >= 4 is 21.6 Å². The van der Waals surface area contributed by atoms with Crippen LogP contribution in [0, 0.1) is 6.92 Å². The van der Waals surface area contributed by atoms with E-state index in [4.69, 9.17) is 4.74 Å². The van der Waals surface area contributed by atoms with Crippen molar-refractivity contribution in [2.24, 2.45) is 0 Å². The minimum absolute atomic E-state index is 0.0457. The predicted octanol–water partition coefficient (Wildman–Crippen LogP) is 2.82. The lowest BCUT2D eigenvalue weighted by atomic mass is 10.1. The van der Waals surface area contributed by atoms with Crippen molar-refractivity contribution in [1.29, 1.82) is 0 Å². The summed E-state index contributed by atoms with van der Waals surface area (Å²) in [5.74, 6) is 0.0664. The Labute approximate surface area is 190 Å². The van der Waals surface area contributed by atoms with Crippen LogP contribution in [0.2, 0.25) is 0 Å².